The number of carbonyl (C=O) groups excluding carboxylic acids is 2. The number of thioether (sulfide) groups is 1. The fourth-order valence-corrected chi connectivity index (χ4v) is 4.39. The van der Waals surface area contributed by atoms with E-state index in [2.05, 4.69) is 15.8 Å². The predicted molar refractivity (Wildman–Crippen MR) is 155 cm³/mol. The second-order valence-corrected chi connectivity index (χ2v) is 9.92. The SMILES string of the molecule is O=C(COc1ccc(/C=N\NC(=O)c2ccc(CSc3ccc(Cl)cc3)cc2)cc1)Nc1ccccc1Cl. The van der Waals surface area contributed by atoms with Crippen molar-refractivity contribution in [1.29, 1.82) is 0 Å². The van der Waals surface area contributed by atoms with Crippen LogP contribution in [0.4, 0.5) is 5.69 Å². The maximum absolute atomic E-state index is 12.4. The summed E-state index contributed by atoms with van der Waals surface area (Å²) in [6.07, 6.45) is 1.53. The van der Waals surface area contributed by atoms with E-state index < -0.39 is 0 Å². The highest BCUT2D eigenvalue weighted by Gasteiger charge is 2.07. The van der Waals surface area contributed by atoms with Gasteiger partial charge in [-0.2, -0.15) is 5.10 Å². The van der Waals surface area contributed by atoms with Crippen molar-refractivity contribution in [1.82, 2.24) is 5.43 Å². The molecule has 0 saturated heterocycles. The lowest BCUT2D eigenvalue weighted by atomic mass is 10.1. The molecule has 4 aromatic carbocycles. The summed E-state index contributed by atoms with van der Waals surface area (Å²) in [7, 11) is 0. The zero-order chi connectivity index (χ0) is 26.7. The molecule has 0 saturated carbocycles. The fourth-order valence-electron chi connectivity index (χ4n) is 3.23. The van der Waals surface area contributed by atoms with Crippen LogP contribution < -0.4 is 15.5 Å². The zero-order valence-corrected chi connectivity index (χ0v) is 22.4. The van der Waals surface area contributed by atoms with Crippen LogP contribution in [0, 0.1) is 0 Å². The van der Waals surface area contributed by atoms with E-state index in [9.17, 15) is 9.59 Å². The van der Waals surface area contributed by atoms with Gasteiger partial charge in [0.1, 0.15) is 5.75 Å². The van der Waals surface area contributed by atoms with Gasteiger partial charge in [0.05, 0.1) is 16.9 Å². The molecule has 0 heterocycles. The van der Waals surface area contributed by atoms with Crippen molar-refractivity contribution < 1.29 is 14.3 Å². The van der Waals surface area contributed by atoms with Crippen molar-refractivity contribution in [2.24, 2.45) is 5.10 Å². The minimum absolute atomic E-state index is 0.159. The number of hydrogen-bond acceptors (Lipinski definition) is 5. The minimum Gasteiger partial charge on any atom is -0.484 e. The Morgan fingerprint density at radius 1 is 0.868 bits per heavy atom. The van der Waals surface area contributed by atoms with E-state index in [-0.39, 0.29) is 18.4 Å². The Morgan fingerprint density at radius 2 is 1.58 bits per heavy atom. The van der Waals surface area contributed by atoms with Gasteiger partial charge in [0.2, 0.25) is 0 Å². The number of nitrogens with one attached hydrogen (secondary N) is 2. The second-order valence-electron chi connectivity index (χ2n) is 8.02. The maximum atomic E-state index is 12.4. The predicted octanol–water partition coefficient (Wildman–Crippen LogP) is 7.07. The number of para-hydroxylation sites is 1. The molecule has 0 bridgehead atoms. The van der Waals surface area contributed by atoms with E-state index in [0.717, 1.165) is 21.8 Å². The van der Waals surface area contributed by atoms with Crippen LogP contribution in [0.25, 0.3) is 0 Å². The Balaban J connectivity index is 1.20. The molecule has 0 atom stereocenters. The normalized spacial score (nSPS) is 10.8. The van der Waals surface area contributed by atoms with Crippen LogP contribution in [-0.4, -0.2) is 24.6 Å². The van der Waals surface area contributed by atoms with Crippen LogP contribution in [0.2, 0.25) is 10.0 Å². The van der Waals surface area contributed by atoms with E-state index in [1.165, 1.54) is 6.21 Å². The number of ether oxygens (including phenoxy) is 1. The average molecular weight is 564 g/mol. The number of hydrazone groups is 1. The van der Waals surface area contributed by atoms with Gasteiger partial charge in [0.25, 0.3) is 11.8 Å². The number of halogens is 2. The molecule has 0 aliphatic carbocycles. The Bertz CT molecular complexity index is 1410. The smallest absolute Gasteiger partial charge is 0.271 e. The van der Waals surface area contributed by atoms with Crippen molar-refractivity contribution in [2.45, 2.75) is 10.6 Å². The summed E-state index contributed by atoms with van der Waals surface area (Å²) in [6, 6.07) is 29.0. The van der Waals surface area contributed by atoms with Crippen LogP contribution in [0.5, 0.6) is 5.75 Å². The van der Waals surface area contributed by atoms with Crippen LogP contribution in [0.1, 0.15) is 21.5 Å². The highest BCUT2D eigenvalue weighted by Crippen LogP contribution is 2.24. The maximum Gasteiger partial charge on any atom is 0.271 e. The average Bonchev–Trinajstić information content (AvgIpc) is 2.94. The Morgan fingerprint density at radius 3 is 2.29 bits per heavy atom. The lowest BCUT2D eigenvalue weighted by Crippen LogP contribution is -2.20. The molecule has 192 valence electrons. The van der Waals surface area contributed by atoms with Gasteiger partial charge in [0.15, 0.2) is 6.61 Å². The molecule has 0 unspecified atom stereocenters. The minimum atomic E-state index is -0.320. The first-order valence-corrected chi connectivity index (χ1v) is 13.3. The van der Waals surface area contributed by atoms with E-state index in [0.29, 0.717) is 27.0 Å². The first-order chi connectivity index (χ1) is 18.5. The van der Waals surface area contributed by atoms with E-state index >= 15 is 0 Å². The highest BCUT2D eigenvalue weighted by atomic mass is 35.5. The number of carbonyl (C=O) groups is 2. The van der Waals surface area contributed by atoms with Gasteiger partial charge >= 0.3 is 0 Å². The molecule has 2 N–H and O–H groups in total. The van der Waals surface area contributed by atoms with Gasteiger partial charge < -0.3 is 10.1 Å². The number of benzene rings is 4. The topological polar surface area (TPSA) is 79.8 Å². The zero-order valence-electron chi connectivity index (χ0n) is 20.1. The van der Waals surface area contributed by atoms with Crippen molar-refractivity contribution >= 4 is 58.7 Å². The number of rotatable bonds is 10. The molecule has 4 aromatic rings. The van der Waals surface area contributed by atoms with Crippen LogP contribution in [0.3, 0.4) is 0 Å². The van der Waals surface area contributed by atoms with E-state index in [1.54, 1.807) is 72.4 Å². The molecule has 0 aromatic heterocycles. The molecule has 6 nitrogen and oxygen atoms in total. The second kappa shape index (κ2) is 13.7. The summed E-state index contributed by atoms with van der Waals surface area (Å²) in [5.41, 5.74) is 5.44. The monoisotopic (exact) mass is 563 g/mol. The highest BCUT2D eigenvalue weighted by molar-refractivity contribution is 7.98. The number of hydrogen-bond donors (Lipinski definition) is 2. The summed E-state index contributed by atoms with van der Waals surface area (Å²) in [5, 5.41) is 7.89. The quantitative estimate of drug-likeness (QED) is 0.123. The van der Waals surface area contributed by atoms with Gasteiger partial charge in [-0.3, -0.25) is 9.59 Å². The number of anilines is 1. The molecular formula is C29H23Cl2N3O3S. The molecule has 0 aliphatic rings. The molecule has 0 aliphatic heterocycles. The number of amides is 2. The molecule has 38 heavy (non-hydrogen) atoms. The van der Waals surface area contributed by atoms with Crippen LogP contribution in [-0.2, 0) is 10.5 Å². The third-order valence-electron chi connectivity index (χ3n) is 5.21. The van der Waals surface area contributed by atoms with Crippen LogP contribution >= 0.6 is 35.0 Å². The van der Waals surface area contributed by atoms with Gasteiger partial charge in [-0.25, -0.2) is 5.43 Å². The van der Waals surface area contributed by atoms with E-state index in [4.69, 9.17) is 27.9 Å². The summed E-state index contributed by atoms with van der Waals surface area (Å²) in [5.74, 6) is 0.685. The van der Waals surface area contributed by atoms with Crippen molar-refractivity contribution in [3.8, 4) is 5.75 Å². The molecule has 0 fully saturated rings. The molecule has 2 amide bonds. The molecular weight excluding hydrogens is 541 g/mol. The van der Waals surface area contributed by atoms with Crippen molar-refractivity contribution in [2.75, 3.05) is 11.9 Å². The summed E-state index contributed by atoms with van der Waals surface area (Å²) in [6.45, 7) is -0.159. The van der Waals surface area contributed by atoms with Gasteiger partial charge in [0, 0.05) is 21.2 Å². The molecule has 9 heteroatoms. The summed E-state index contributed by atoms with van der Waals surface area (Å²) in [4.78, 5) is 25.6. The Labute approximate surface area is 235 Å². The van der Waals surface area contributed by atoms with Gasteiger partial charge in [-0.05, 0) is 83.9 Å². The third kappa shape index (κ3) is 8.38. The Kier molecular flexibility index (Phi) is 9.81. The molecule has 4 rings (SSSR count). The van der Waals surface area contributed by atoms with E-state index in [1.807, 2.05) is 36.4 Å². The molecule has 0 spiro atoms. The first-order valence-electron chi connectivity index (χ1n) is 11.5. The third-order valence-corrected chi connectivity index (χ3v) is 6.88. The van der Waals surface area contributed by atoms with Crippen molar-refractivity contribution in [3.05, 3.63) is 124 Å². The first kappa shape index (κ1) is 27.3. The standard InChI is InChI=1S/C29H23Cl2N3O3S/c30-23-11-15-25(16-12-23)38-19-21-5-9-22(10-6-21)29(36)34-32-17-20-7-13-24(14-8-20)37-18-28(35)33-27-4-2-1-3-26(27)31/h1-17H,18-19H2,(H,33,35)(H,34,36)/b32-17-. The Hall–Kier alpha value is -3.78. The number of nitrogens with zero attached hydrogens (tertiary/aromatic N) is 1. The van der Waals surface area contributed by atoms with Crippen LogP contribution in [0.15, 0.2) is 107 Å². The lowest BCUT2D eigenvalue weighted by Gasteiger charge is -2.08. The van der Waals surface area contributed by atoms with Crippen molar-refractivity contribution in [3.63, 3.8) is 0 Å². The summed E-state index contributed by atoms with van der Waals surface area (Å²) >= 11 is 13.7. The largest absolute Gasteiger partial charge is 0.484 e. The van der Waals surface area contributed by atoms with Gasteiger partial charge in [-0.15, -0.1) is 11.8 Å². The fraction of sp³-hybridized carbons (Fsp3) is 0.0690. The lowest BCUT2D eigenvalue weighted by molar-refractivity contribution is -0.118. The summed E-state index contributed by atoms with van der Waals surface area (Å²) < 4.78 is 5.52. The molecule has 0 radical (unpaired) electrons. The van der Waals surface area contributed by atoms with Gasteiger partial charge in [-0.1, -0.05) is 47.5 Å².